The SMILES string of the molecule is COC(=O)C(NC(=O)C(C)C(N)c1ccccc1)c1ccccc1. The third-order valence-electron chi connectivity index (χ3n) is 3.99. The van der Waals surface area contributed by atoms with Crippen LogP contribution in [-0.2, 0) is 14.3 Å². The summed E-state index contributed by atoms with van der Waals surface area (Å²) >= 11 is 0. The summed E-state index contributed by atoms with van der Waals surface area (Å²) in [6.45, 7) is 1.74. The average Bonchev–Trinajstić information content (AvgIpc) is 2.65. The summed E-state index contributed by atoms with van der Waals surface area (Å²) in [4.78, 5) is 24.6. The van der Waals surface area contributed by atoms with Crippen molar-refractivity contribution in [2.24, 2.45) is 11.7 Å². The highest BCUT2D eigenvalue weighted by atomic mass is 16.5. The minimum absolute atomic E-state index is 0.300. The Kier molecular flexibility index (Phi) is 6.09. The van der Waals surface area contributed by atoms with E-state index in [1.165, 1.54) is 7.11 Å². The van der Waals surface area contributed by atoms with Gasteiger partial charge in [-0.05, 0) is 11.1 Å². The van der Waals surface area contributed by atoms with Crippen LogP contribution in [0.25, 0.3) is 0 Å². The molecule has 0 aromatic heterocycles. The third kappa shape index (κ3) is 4.20. The monoisotopic (exact) mass is 326 g/mol. The first-order valence-electron chi connectivity index (χ1n) is 7.78. The fourth-order valence-electron chi connectivity index (χ4n) is 2.44. The molecular formula is C19H22N2O3. The molecule has 0 saturated heterocycles. The van der Waals surface area contributed by atoms with Crippen LogP contribution in [0.3, 0.4) is 0 Å². The summed E-state index contributed by atoms with van der Waals surface area (Å²) in [5.41, 5.74) is 7.72. The van der Waals surface area contributed by atoms with Crippen molar-refractivity contribution in [3.8, 4) is 0 Å². The smallest absolute Gasteiger partial charge is 0.333 e. The van der Waals surface area contributed by atoms with Crippen molar-refractivity contribution in [2.75, 3.05) is 7.11 Å². The number of carbonyl (C=O) groups excluding carboxylic acids is 2. The molecular weight excluding hydrogens is 304 g/mol. The summed E-state index contributed by atoms with van der Waals surface area (Å²) in [6, 6.07) is 17.1. The quantitative estimate of drug-likeness (QED) is 0.799. The molecule has 0 aliphatic rings. The minimum atomic E-state index is -0.853. The van der Waals surface area contributed by atoms with Gasteiger partial charge in [0.25, 0.3) is 0 Å². The van der Waals surface area contributed by atoms with Gasteiger partial charge in [-0.2, -0.15) is 0 Å². The van der Waals surface area contributed by atoms with E-state index in [4.69, 9.17) is 10.5 Å². The van der Waals surface area contributed by atoms with Gasteiger partial charge in [0.05, 0.1) is 13.0 Å². The van der Waals surface area contributed by atoms with Gasteiger partial charge in [0.1, 0.15) is 0 Å². The first-order valence-corrected chi connectivity index (χ1v) is 7.78. The molecule has 0 radical (unpaired) electrons. The second-order valence-corrected chi connectivity index (χ2v) is 5.60. The number of rotatable bonds is 6. The number of benzene rings is 2. The van der Waals surface area contributed by atoms with Gasteiger partial charge in [-0.3, -0.25) is 4.79 Å². The van der Waals surface area contributed by atoms with Crippen molar-refractivity contribution < 1.29 is 14.3 Å². The van der Waals surface area contributed by atoms with Gasteiger partial charge >= 0.3 is 5.97 Å². The van der Waals surface area contributed by atoms with Crippen LogP contribution in [0.2, 0.25) is 0 Å². The Bertz CT molecular complexity index is 674. The Morgan fingerprint density at radius 1 is 0.958 bits per heavy atom. The molecule has 2 aromatic rings. The highest BCUT2D eigenvalue weighted by Crippen LogP contribution is 2.21. The number of hydrogen-bond acceptors (Lipinski definition) is 4. The zero-order chi connectivity index (χ0) is 17.5. The van der Waals surface area contributed by atoms with E-state index in [-0.39, 0.29) is 5.91 Å². The van der Waals surface area contributed by atoms with Crippen molar-refractivity contribution in [1.29, 1.82) is 0 Å². The molecule has 2 aromatic carbocycles. The second-order valence-electron chi connectivity index (χ2n) is 5.60. The normalized spacial score (nSPS) is 14.3. The maximum Gasteiger partial charge on any atom is 0.333 e. The molecule has 3 unspecified atom stereocenters. The van der Waals surface area contributed by atoms with Crippen LogP contribution in [-0.4, -0.2) is 19.0 Å². The van der Waals surface area contributed by atoms with Crippen LogP contribution in [0, 0.1) is 5.92 Å². The predicted octanol–water partition coefficient (Wildman–Crippen LogP) is 2.35. The van der Waals surface area contributed by atoms with Crippen LogP contribution < -0.4 is 11.1 Å². The maximum absolute atomic E-state index is 12.6. The van der Waals surface area contributed by atoms with Crippen LogP contribution >= 0.6 is 0 Å². The summed E-state index contributed by atoms with van der Waals surface area (Å²) in [5.74, 6) is -1.32. The molecule has 0 bridgehead atoms. The lowest BCUT2D eigenvalue weighted by Gasteiger charge is -2.23. The van der Waals surface area contributed by atoms with E-state index in [9.17, 15) is 9.59 Å². The van der Waals surface area contributed by atoms with Gasteiger partial charge in [0.15, 0.2) is 6.04 Å². The number of ether oxygens (including phenoxy) is 1. The molecule has 5 nitrogen and oxygen atoms in total. The first kappa shape index (κ1) is 17.7. The number of nitrogens with two attached hydrogens (primary N) is 1. The first-order chi connectivity index (χ1) is 11.5. The predicted molar refractivity (Wildman–Crippen MR) is 91.9 cm³/mol. The summed E-state index contributed by atoms with van der Waals surface area (Å²) in [5, 5.41) is 2.74. The van der Waals surface area contributed by atoms with Crippen molar-refractivity contribution in [1.82, 2.24) is 5.32 Å². The van der Waals surface area contributed by atoms with Gasteiger partial charge in [0, 0.05) is 6.04 Å². The average molecular weight is 326 g/mol. The van der Waals surface area contributed by atoms with Crippen LogP contribution in [0.5, 0.6) is 0 Å². The standard InChI is InChI=1S/C19H22N2O3/c1-13(16(20)14-9-5-3-6-10-14)18(22)21-17(19(23)24-2)15-11-7-4-8-12-15/h3-13,16-17H,20H2,1-2H3,(H,21,22). The van der Waals surface area contributed by atoms with E-state index in [1.54, 1.807) is 31.2 Å². The molecule has 0 saturated carbocycles. The van der Waals surface area contributed by atoms with E-state index in [2.05, 4.69) is 5.32 Å². The highest BCUT2D eigenvalue weighted by Gasteiger charge is 2.28. The van der Waals surface area contributed by atoms with Crippen LogP contribution in [0.4, 0.5) is 0 Å². The lowest BCUT2D eigenvalue weighted by Crippen LogP contribution is -2.40. The van der Waals surface area contributed by atoms with Gasteiger partial charge in [-0.1, -0.05) is 67.6 Å². The van der Waals surface area contributed by atoms with Crippen molar-refractivity contribution >= 4 is 11.9 Å². The van der Waals surface area contributed by atoms with E-state index >= 15 is 0 Å². The Morgan fingerprint density at radius 2 is 1.46 bits per heavy atom. The highest BCUT2D eigenvalue weighted by molar-refractivity contribution is 5.86. The van der Waals surface area contributed by atoms with Crippen molar-refractivity contribution in [3.05, 3.63) is 71.8 Å². The lowest BCUT2D eigenvalue weighted by molar-refractivity contribution is -0.145. The molecule has 0 aliphatic heterocycles. The zero-order valence-electron chi connectivity index (χ0n) is 13.8. The Labute approximate surface area is 141 Å². The molecule has 0 aliphatic carbocycles. The van der Waals surface area contributed by atoms with Crippen LogP contribution in [0.15, 0.2) is 60.7 Å². The third-order valence-corrected chi connectivity index (χ3v) is 3.99. The van der Waals surface area contributed by atoms with Gasteiger partial charge in [0.2, 0.25) is 5.91 Å². The number of nitrogens with one attached hydrogen (secondary N) is 1. The molecule has 2 rings (SSSR count). The molecule has 3 N–H and O–H groups in total. The Hall–Kier alpha value is -2.66. The molecule has 0 fully saturated rings. The van der Waals surface area contributed by atoms with E-state index in [0.29, 0.717) is 5.56 Å². The molecule has 5 heteroatoms. The molecule has 1 amide bonds. The summed E-state index contributed by atoms with van der Waals surface area (Å²) < 4.78 is 4.81. The fraction of sp³-hybridized carbons (Fsp3) is 0.263. The molecule has 126 valence electrons. The van der Waals surface area contributed by atoms with Gasteiger partial charge < -0.3 is 15.8 Å². The molecule has 0 heterocycles. The van der Waals surface area contributed by atoms with Gasteiger partial charge in [-0.15, -0.1) is 0 Å². The minimum Gasteiger partial charge on any atom is -0.467 e. The maximum atomic E-state index is 12.6. The van der Waals surface area contributed by atoms with E-state index in [0.717, 1.165) is 5.56 Å². The molecule has 24 heavy (non-hydrogen) atoms. The van der Waals surface area contributed by atoms with Crippen molar-refractivity contribution in [2.45, 2.75) is 19.0 Å². The van der Waals surface area contributed by atoms with Gasteiger partial charge in [-0.25, -0.2) is 4.79 Å². The molecule has 0 spiro atoms. The summed E-state index contributed by atoms with van der Waals surface area (Å²) in [6.07, 6.45) is 0. The topological polar surface area (TPSA) is 81.4 Å². The molecule has 3 atom stereocenters. The zero-order valence-corrected chi connectivity index (χ0v) is 13.8. The summed E-state index contributed by atoms with van der Waals surface area (Å²) in [7, 11) is 1.30. The number of methoxy groups -OCH3 is 1. The van der Waals surface area contributed by atoms with E-state index < -0.39 is 24.0 Å². The number of hydrogen-bond donors (Lipinski definition) is 2. The number of amides is 1. The Balaban J connectivity index is 2.14. The van der Waals surface area contributed by atoms with Crippen molar-refractivity contribution in [3.63, 3.8) is 0 Å². The van der Waals surface area contributed by atoms with E-state index in [1.807, 2.05) is 36.4 Å². The fourth-order valence-corrected chi connectivity index (χ4v) is 2.44. The van der Waals surface area contributed by atoms with Crippen LogP contribution in [0.1, 0.15) is 30.1 Å². The number of carbonyl (C=O) groups is 2. The second kappa shape index (κ2) is 8.26. The number of esters is 1. The Morgan fingerprint density at radius 3 is 1.96 bits per heavy atom. The lowest BCUT2D eigenvalue weighted by atomic mass is 9.94. The largest absolute Gasteiger partial charge is 0.467 e.